The predicted octanol–water partition coefficient (Wildman–Crippen LogP) is 5.92. The van der Waals surface area contributed by atoms with Crippen molar-refractivity contribution in [2.75, 3.05) is 0 Å². The Kier molecular flexibility index (Phi) is 3.05. The molecule has 23 heavy (non-hydrogen) atoms. The maximum absolute atomic E-state index is 2.32. The van der Waals surface area contributed by atoms with Gasteiger partial charge in [0.15, 0.2) is 0 Å². The molecule has 1 aromatic heterocycles. The van der Waals surface area contributed by atoms with Gasteiger partial charge in [-0.15, -0.1) is 0 Å². The molecule has 114 valence electrons. The Morgan fingerprint density at radius 1 is 0.739 bits per heavy atom. The molecule has 0 spiro atoms. The number of hydrogen-bond acceptors (Lipinski definition) is 0. The van der Waals surface area contributed by atoms with Crippen LogP contribution < -0.4 is 0 Å². The Balaban J connectivity index is 2.13. The minimum atomic E-state index is 1.29. The van der Waals surface area contributed by atoms with E-state index in [-0.39, 0.29) is 0 Å². The van der Waals surface area contributed by atoms with Crippen LogP contribution in [0.1, 0.15) is 16.7 Å². The van der Waals surface area contributed by atoms with Crippen molar-refractivity contribution in [3.05, 3.63) is 71.3 Å². The first-order chi connectivity index (χ1) is 11.1. The maximum Gasteiger partial charge on any atom is 0.0568 e. The Bertz CT molecular complexity index is 1030. The molecule has 4 rings (SSSR count). The lowest BCUT2D eigenvalue weighted by Gasteiger charge is -2.11. The molecular weight excluding hydrogens is 278 g/mol. The third-order valence-corrected chi connectivity index (χ3v) is 5.17. The Morgan fingerprint density at radius 3 is 2.13 bits per heavy atom. The van der Waals surface area contributed by atoms with Gasteiger partial charge in [-0.05, 0) is 49.1 Å². The highest BCUT2D eigenvalue weighted by Gasteiger charge is 2.13. The van der Waals surface area contributed by atoms with Gasteiger partial charge < -0.3 is 4.57 Å². The molecule has 0 radical (unpaired) electrons. The zero-order valence-corrected chi connectivity index (χ0v) is 14.1. The summed E-state index contributed by atoms with van der Waals surface area (Å²) in [7, 11) is 2.17. The van der Waals surface area contributed by atoms with Crippen LogP contribution in [0, 0.1) is 20.8 Å². The van der Waals surface area contributed by atoms with Crippen LogP contribution in [-0.2, 0) is 7.05 Å². The molecule has 1 heteroatoms. The molecule has 0 saturated heterocycles. The molecule has 0 N–H and O–H groups in total. The van der Waals surface area contributed by atoms with E-state index < -0.39 is 0 Å². The summed E-state index contributed by atoms with van der Waals surface area (Å²) >= 11 is 0. The van der Waals surface area contributed by atoms with Crippen LogP contribution in [0.15, 0.2) is 54.6 Å². The molecule has 0 unspecified atom stereocenters. The first kappa shape index (κ1) is 14.1. The monoisotopic (exact) mass is 299 g/mol. The molecule has 0 aliphatic carbocycles. The van der Waals surface area contributed by atoms with E-state index >= 15 is 0 Å². The normalized spacial score (nSPS) is 11.5. The number of hydrogen-bond donors (Lipinski definition) is 0. The number of fused-ring (bicyclic) bond motifs is 3. The summed E-state index contributed by atoms with van der Waals surface area (Å²) in [6.07, 6.45) is 0. The van der Waals surface area contributed by atoms with E-state index in [1.165, 1.54) is 49.6 Å². The van der Waals surface area contributed by atoms with Crippen molar-refractivity contribution in [2.24, 2.45) is 7.05 Å². The van der Waals surface area contributed by atoms with Gasteiger partial charge in [0.05, 0.1) is 5.52 Å². The van der Waals surface area contributed by atoms with Crippen LogP contribution in [-0.4, -0.2) is 4.57 Å². The number of nitrogens with zero attached hydrogens (tertiary/aromatic N) is 1. The Hall–Kier alpha value is -2.54. The van der Waals surface area contributed by atoms with Crippen molar-refractivity contribution >= 4 is 21.8 Å². The molecule has 0 aliphatic heterocycles. The molecule has 0 fully saturated rings. The SMILES string of the molecule is Cc1cc(-c2cccc3c4ccccc4n(C)c23)cc(C)c1C. The first-order valence-corrected chi connectivity index (χ1v) is 8.12. The number of aromatic nitrogens is 1. The summed E-state index contributed by atoms with van der Waals surface area (Å²) in [6.45, 7) is 6.60. The number of benzene rings is 3. The van der Waals surface area contributed by atoms with E-state index in [1.54, 1.807) is 0 Å². The summed E-state index contributed by atoms with van der Waals surface area (Å²) in [6, 6.07) is 19.9. The second-order valence-corrected chi connectivity index (χ2v) is 6.51. The fourth-order valence-electron chi connectivity index (χ4n) is 3.66. The fraction of sp³-hybridized carbons (Fsp3) is 0.182. The quantitative estimate of drug-likeness (QED) is 0.411. The van der Waals surface area contributed by atoms with Crippen molar-refractivity contribution in [2.45, 2.75) is 20.8 Å². The average Bonchev–Trinajstić information content (AvgIpc) is 2.86. The van der Waals surface area contributed by atoms with Crippen LogP contribution in [0.3, 0.4) is 0 Å². The molecule has 0 bridgehead atoms. The van der Waals surface area contributed by atoms with Gasteiger partial charge in [0.1, 0.15) is 0 Å². The molecular formula is C22H21N. The maximum atomic E-state index is 2.32. The summed E-state index contributed by atoms with van der Waals surface area (Å²) in [5.74, 6) is 0. The summed E-state index contributed by atoms with van der Waals surface area (Å²) in [4.78, 5) is 0. The van der Waals surface area contributed by atoms with Gasteiger partial charge in [-0.25, -0.2) is 0 Å². The van der Waals surface area contributed by atoms with Gasteiger partial charge in [0.2, 0.25) is 0 Å². The highest BCUT2D eigenvalue weighted by molar-refractivity contribution is 6.12. The van der Waals surface area contributed by atoms with Crippen molar-refractivity contribution < 1.29 is 0 Å². The number of aryl methyl sites for hydroxylation is 3. The van der Waals surface area contributed by atoms with Crippen molar-refractivity contribution in [3.8, 4) is 11.1 Å². The highest BCUT2D eigenvalue weighted by Crippen LogP contribution is 2.36. The molecule has 3 aromatic carbocycles. The largest absolute Gasteiger partial charge is 0.343 e. The van der Waals surface area contributed by atoms with E-state index in [1.807, 2.05) is 0 Å². The molecule has 4 aromatic rings. The summed E-state index contributed by atoms with van der Waals surface area (Å²) < 4.78 is 2.32. The molecule has 1 heterocycles. The average molecular weight is 299 g/mol. The third kappa shape index (κ3) is 2.00. The van der Waals surface area contributed by atoms with Gasteiger partial charge in [-0.1, -0.05) is 48.5 Å². The molecule has 1 nitrogen and oxygen atoms in total. The second-order valence-electron chi connectivity index (χ2n) is 6.51. The van der Waals surface area contributed by atoms with Crippen LogP contribution >= 0.6 is 0 Å². The van der Waals surface area contributed by atoms with Crippen molar-refractivity contribution in [3.63, 3.8) is 0 Å². The van der Waals surface area contributed by atoms with E-state index in [0.29, 0.717) is 0 Å². The molecule has 0 aliphatic rings. The minimum Gasteiger partial charge on any atom is -0.343 e. The Morgan fingerprint density at radius 2 is 1.39 bits per heavy atom. The highest BCUT2D eigenvalue weighted by atomic mass is 14.9. The van der Waals surface area contributed by atoms with Crippen LogP contribution in [0.2, 0.25) is 0 Å². The van der Waals surface area contributed by atoms with Crippen LogP contribution in [0.5, 0.6) is 0 Å². The van der Waals surface area contributed by atoms with Crippen LogP contribution in [0.25, 0.3) is 32.9 Å². The van der Waals surface area contributed by atoms with Gasteiger partial charge in [0, 0.05) is 28.9 Å². The zero-order chi connectivity index (χ0) is 16.1. The van der Waals surface area contributed by atoms with Gasteiger partial charge in [0.25, 0.3) is 0 Å². The molecule has 0 saturated carbocycles. The molecule has 0 atom stereocenters. The second kappa shape index (κ2) is 4.99. The van der Waals surface area contributed by atoms with E-state index in [4.69, 9.17) is 0 Å². The predicted molar refractivity (Wildman–Crippen MR) is 100 cm³/mol. The number of para-hydroxylation sites is 2. The number of rotatable bonds is 1. The third-order valence-electron chi connectivity index (χ3n) is 5.17. The summed E-state index contributed by atoms with van der Waals surface area (Å²) in [5.41, 5.74) is 9.32. The van der Waals surface area contributed by atoms with Crippen molar-refractivity contribution in [1.29, 1.82) is 0 Å². The zero-order valence-electron chi connectivity index (χ0n) is 14.1. The lowest BCUT2D eigenvalue weighted by molar-refractivity contribution is 1.01. The van der Waals surface area contributed by atoms with Gasteiger partial charge >= 0.3 is 0 Å². The topological polar surface area (TPSA) is 4.93 Å². The first-order valence-electron chi connectivity index (χ1n) is 8.12. The minimum absolute atomic E-state index is 1.29. The lowest BCUT2D eigenvalue weighted by Crippen LogP contribution is -1.92. The summed E-state index contributed by atoms with van der Waals surface area (Å²) in [5, 5.41) is 2.66. The van der Waals surface area contributed by atoms with E-state index in [0.717, 1.165) is 0 Å². The standard InChI is InChI=1S/C22H21N/c1-14-12-17(13-15(2)16(14)3)18-9-7-10-20-19-8-5-6-11-21(19)23(4)22(18)20/h5-13H,1-4H3. The van der Waals surface area contributed by atoms with Gasteiger partial charge in [-0.2, -0.15) is 0 Å². The van der Waals surface area contributed by atoms with Crippen molar-refractivity contribution in [1.82, 2.24) is 4.57 Å². The molecule has 0 amide bonds. The van der Waals surface area contributed by atoms with E-state index in [9.17, 15) is 0 Å². The van der Waals surface area contributed by atoms with Crippen LogP contribution in [0.4, 0.5) is 0 Å². The lowest BCUT2D eigenvalue weighted by atomic mass is 9.95. The van der Waals surface area contributed by atoms with Gasteiger partial charge in [-0.3, -0.25) is 0 Å². The fourth-order valence-corrected chi connectivity index (χ4v) is 3.66. The smallest absolute Gasteiger partial charge is 0.0568 e. The Labute approximate surface area is 137 Å². The van der Waals surface area contributed by atoms with E-state index in [2.05, 4.69) is 87.0 Å².